The molecule has 108 valence electrons. The van der Waals surface area contributed by atoms with E-state index in [4.69, 9.17) is 0 Å². The predicted molar refractivity (Wildman–Crippen MR) is 69.7 cm³/mol. The zero-order valence-electron chi connectivity index (χ0n) is 10.1. The first kappa shape index (κ1) is 15.0. The Labute approximate surface area is 120 Å². The van der Waals surface area contributed by atoms with Crippen LogP contribution in [-0.2, 0) is 14.0 Å². The van der Waals surface area contributed by atoms with Gasteiger partial charge >= 0.3 is 0 Å². The molecule has 1 aromatic carbocycles. The van der Waals surface area contributed by atoms with Crippen LogP contribution < -0.4 is 0 Å². The third-order valence-corrected chi connectivity index (χ3v) is 4.13. The fraction of sp³-hybridized carbons (Fsp3) is 0.273. The summed E-state index contributed by atoms with van der Waals surface area (Å²) >= 11 is 0.480. The third-order valence-electron chi connectivity index (χ3n) is 2.62. The second-order valence-corrected chi connectivity index (χ2v) is 5.96. The lowest BCUT2D eigenvalue weighted by Gasteiger charge is -2.13. The van der Waals surface area contributed by atoms with Crippen LogP contribution in [0.1, 0.15) is 27.1 Å². The average molecular weight is 316 g/mol. The molecule has 0 aliphatic carbocycles. The summed E-state index contributed by atoms with van der Waals surface area (Å²) in [4.78, 5) is 25.0. The van der Waals surface area contributed by atoms with Crippen molar-refractivity contribution in [2.24, 2.45) is 0 Å². The second-order valence-electron chi connectivity index (χ2n) is 3.96. The van der Waals surface area contributed by atoms with Gasteiger partial charge in [0, 0.05) is 24.3 Å². The van der Waals surface area contributed by atoms with Gasteiger partial charge in [0.25, 0.3) is 11.8 Å². The van der Waals surface area contributed by atoms with E-state index in [1.165, 1.54) is 0 Å². The molecule has 0 aromatic heterocycles. The van der Waals surface area contributed by atoms with E-state index in [2.05, 4.69) is 3.63 Å². The summed E-state index contributed by atoms with van der Waals surface area (Å²) in [5, 5.41) is 0. The lowest BCUT2D eigenvalue weighted by atomic mass is 10.1. The van der Waals surface area contributed by atoms with Gasteiger partial charge in [-0.2, -0.15) is 0 Å². The van der Waals surface area contributed by atoms with Gasteiger partial charge in [0.15, 0.2) is 0 Å². The Balaban J connectivity index is 1.87. The lowest BCUT2D eigenvalue weighted by molar-refractivity contribution is 0.0654. The SMILES string of the molecule is O=C1c2ccccc2C(=O)N1CCCSOS(=O)(=O)[O-]. The molecule has 1 aliphatic heterocycles. The van der Waals surface area contributed by atoms with Gasteiger partial charge in [0.1, 0.15) is 0 Å². The fourth-order valence-electron chi connectivity index (χ4n) is 1.82. The predicted octanol–water partition coefficient (Wildman–Crippen LogP) is 0.798. The first-order chi connectivity index (χ1) is 9.40. The number of nitrogens with zero attached hydrogens (tertiary/aromatic N) is 1. The molecular formula is C11H10NO6S2-. The van der Waals surface area contributed by atoms with E-state index in [-0.39, 0.29) is 24.1 Å². The van der Waals surface area contributed by atoms with Gasteiger partial charge < -0.3 is 4.55 Å². The molecular weight excluding hydrogens is 306 g/mol. The van der Waals surface area contributed by atoms with Crippen LogP contribution in [-0.4, -0.2) is 42.0 Å². The summed E-state index contributed by atoms with van der Waals surface area (Å²) in [7, 11) is -4.72. The quantitative estimate of drug-likeness (QED) is 0.251. The molecule has 1 heterocycles. The Morgan fingerprint density at radius 1 is 1.15 bits per heavy atom. The molecule has 20 heavy (non-hydrogen) atoms. The molecule has 2 rings (SSSR count). The Morgan fingerprint density at radius 3 is 2.20 bits per heavy atom. The van der Waals surface area contributed by atoms with Crippen molar-refractivity contribution in [1.29, 1.82) is 0 Å². The number of carbonyl (C=O) groups is 2. The van der Waals surface area contributed by atoms with E-state index in [1.54, 1.807) is 24.3 Å². The molecule has 0 spiro atoms. The highest BCUT2D eigenvalue weighted by Crippen LogP contribution is 2.22. The Morgan fingerprint density at radius 2 is 1.70 bits per heavy atom. The molecule has 9 heteroatoms. The minimum absolute atomic E-state index is 0.140. The maximum Gasteiger partial charge on any atom is 0.261 e. The Bertz CT molecular complexity index is 607. The van der Waals surface area contributed by atoms with Gasteiger partial charge in [-0.25, -0.2) is 12.0 Å². The van der Waals surface area contributed by atoms with Crippen molar-refractivity contribution in [3.05, 3.63) is 35.4 Å². The fourth-order valence-corrected chi connectivity index (χ4v) is 2.81. The van der Waals surface area contributed by atoms with Crippen molar-refractivity contribution in [1.82, 2.24) is 4.90 Å². The van der Waals surface area contributed by atoms with Gasteiger partial charge in [-0.05, 0) is 18.6 Å². The Kier molecular flexibility index (Phi) is 4.43. The normalized spacial score (nSPS) is 14.8. The largest absolute Gasteiger partial charge is 0.725 e. The zero-order chi connectivity index (χ0) is 14.8. The molecule has 0 unspecified atom stereocenters. The number of hydrogen-bond acceptors (Lipinski definition) is 7. The summed E-state index contributed by atoms with van der Waals surface area (Å²) in [6.45, 7) is 0.140. The van der Waals surface area contributed by atoms with Crippen LogP contribution in [0.3, 0.4) is 0 Å². The highest BCUT2D eigenvalue weighted by atomic mass is 32.3. The monoisotopic (exact) mass is 316 g/mol. The van der Waals surface area contributed by atoms with Crippen molar-refractivity contribution in [2.45, 2.75) is 6.42 Å². The van der Waals surface area contributed by atoms with Crippen LogP contribution in [0.2, 0.25) is 0 Å². The van der Waals surface area contributed by atoms with Crippen LogP contribution in [0.25, 0.3) is 0 Å². The molecule has 2 amide bonds. The number of rotatable bonds is 6. The van der Waals surface area contributed by atoms with Crippen molar-refractivity contribution in [3.8, 4) is 0 Å². The van der Waals surface area contributed by atoms with Crippen molar-refractivity contribution in [3.63, 3.8) is 0 Å². The maximum absolute atomic E-state index is 12.0. The second kappa shape index (κ2) is 5.92. The van der Waals surface area contributed by atoms with Gasteiger partial charge in [-0.1, -0.05) is 12.1 Å². The molecule has 1 aliphatic rings. The number of amides is 2. The molecule has 1 aromatic rings. The van der Waals surface area contributed by atoms with Gasteiger partial charge in [-0.3, -0.25) is 14.5 Å². The summed E-state index contributed by atoms with van der Waals surface area (Å²) in [5.74, 6) is -0.560. The van der Waals surface area contributed by atoms with Crippen LogP contribution in [0.15, 0.2) is 24.3 Å². The minimum atomic E-state index is -4.72. The van der Waals surface area contributed by atoms with Crippen LogP contribution in [0, 0.1) is 0 Å². The number of fused-ring (bicyclic) bond motifs is 1. The molecule has 0 saturated heterocycles. The van der Waals surface area contributed by atoms with E-state index in [1.807, 2.05) is 0 Å². The third kappa shape index (κ3) is 3.37. The first-order valence-electron chi connectivity index (χ1n) is 5.62. The molecule has 0 fully saturated rings. The lowest BCUT2D eigenvalue weighted by Crippen LogP contribution is -2.31. The zero-order valence-corrected chi connectivity index (χ0v) is 11.8. The standard InChI is InChI=1S/C11H11NO6S2/c13-10-8-4-1-2-5-9(8)11(14)12(10)6-3-7-19-18-20(15,16)17/h1-2,4-5H,3,6-7H2,(H,15,16,17)/p-1. The van der Waals surface area contributed by atoms with Crippen molar-refractivity contribution in [2.75, 3.05) is 12.3 Å². The summed E-state index contributed by atoms with van der Waals surface area (Å²) in [6, 6.07) is 6.52. The van der Waals surface area contributed by atoms with Crippen LogP contribution in [0.5, 0.6) is 0 Å². The number of benzene rings is 1. The summed E-state index contributed by atoms with van der Waals surface area (Å²) in [6.07, 6.45) is 0.325. The van der Waals surface area contributed by atoms with Crippen molar-refractivity contribution < 1.29 is 26.2 Å². The summed E-state index contributed by atoms with van der Waals surface area (Å²) in [5.41, 5.74) is 0.729. The molecule has 0 atom stereocenters. The van der Waals surface area contributed by atoms with E-state index >= 15 is 0 Å². The molecule has 7 nitrogen and oxygen atoms in total. The van der Waals surface area contributed by atoms with Gasteiger partial charge in [0.2, 0.25) is 10.4 Å². The summed E-state index contributed by atoms with van der Waals surface area (Å²) < 4.78 is 34.5. The van der Waals surface area contributed by atoms with Gasteiger partial charge in [0.05, 0.1) is 11.1 Å². The molecule has 0 saturated carbocycles. The number of carbonyl (C=O) groups excluding carboxylic acids is 2. The number of imide groups is 1. The molecule has 0 radical (unpaired) electrons. The smallest absolute Gasteiger partial charge is 0.261 e. The highest BCUT2D eigenvalue weighted by molar-refractivity contribution is 8.02. The van der Waals surface area contributed by atoms with Crippen molar-refractivity contribution >= 4 is 34.3 Å². The topological polar surface area (TPSA) is 104 Å². The first-order valence-corrected chi connectivity index (χ1v) is 7.87. The van der Waals surface area contributed by atoms with Crippen LogP contribution in [0.4, 0.5) is 0 Å². The van der Waals surface area contributed by atoms with E-state index in [0.29, 0.717) is 29.6 Å². The molecule has 0 N–H and O–H groups in total. The van der Waals surface area contributed by atoms with E-state index in [9.17, 15) is 22.6 Å². The van der Waals surface area contributed by atoms with Crippen LogP contribution >= 0.6 is 12.0 Å². The maximum atomic E-state index is 12.0. The Hall–Kier alpha value is -1.42. The average Bonchev–Trinajstić information content (AvgIpc) is 2.62. The van der Waals surface area contributed by atoms with Gasteiger partial charge in [-0.15, -0.1) is 0 Å². The number of hydrogen-bond donors (Lipinski definition) is 0. The van der Waals surface area contributed by atoms with E-state index < -0.39 is 10.4 Å². The van der Waals surface area contributed by atoms with E-state index in [0.717, 1.165) is 4.90 Å². The highest BCUT2D eigenvalue weighted by Gasteiger charge is 2.34. The minimum Gasteiger partial charge on any atom is -0.725 e. The molecule has 0 bridgehead atoms.